The number of aliphatic hydroxyl groups excluding tert-OH is 2. The van der Waals surface area contributed by atoms with Gasteiger partial charge in [0.1, 0.15) is 24.1 Å². The van der Waals surface area contributed by atoms with Crippen LogP contribution in [0.3, 0.4) is 0 Å². The number of nitrogens with zero attached hydrogens (tertiary/aromatic N) is 4. The fourth-order valence-electron chi connectivity index (χ4n) is 2.54. The Morgan fingerprint density at radius 2 is 2.25 bits per heavy atom. The molecule has 1 saturated heterocycles. The Morgan fingerprint density at radius 3 is 2.90 bits per heavy atom. The first kappa shape index (κ1) is 13.2. The lowest BCUT2D eigenvalue weighted by atomic mass is 10.1. The van der Waals surface area contributed by atoms with Crippen LogP contribution in [0.1, 0.15) is 6.23 Å². The van der Waals surface area contributed by atoms with Crippen LogP contribution in [0, 0.1) is 0 Å². The van der Waals surface area contributed by atoms with Gasteiger partial charge in [-0.1, -0.05) is 0 Å². The van der Waals surface area contributed by atoms with E-state index < -0.39 is 18.4 Å². The highest BCUT2D eigenvalue weighted by molar-refractivity contribution is 5.81. The Morgan fingerprint density at radius 1 is 1.45 bits per heavy atom. The van der Waals surface area contributed by atoms with Gasteiger partial charge in [-0.15, -0.1) is 0 Å². The van der Waals surface area contributed by atoms with Gasteiger partial charge in [0.05, 0.1) is 19.0 Å². The van der Waals surface area contributed by atoms with Crippen LogP contribution < -0.4 is 11.1 Å². The highest BCUT2D eigenvalue weighted by Crippen LogP contribution is 2.31. The average molecular weight is 280 g/mol. The molecule has 0 radical (unpaired) electrons. The molecule has 0 aliphatic carbocycles. The van der Waals surface area contributed by atoms with E-state index in [0.29, 0.717) is 11.2 Å². The summed E-state index contributed by atoms with van der Waals surface area (Å²) in [5.74, 6) is 0.269. The summed E-state index contributed by atoms with van der Waals surface area (Å²) in [6.07, 6.45) is 0.790. The predicted octanol–water partition coefficient (Wildman–Crippen LogP) is -1.75. The Balaban J connectivity index is 2.01. The van der Waals surface area contributed by atoms with Crippen LogP contribution >= 0.6 is 0 Å². The topological polar surface area (TPSA) is 131 Å². The summed E-state index contributed by atoms with van der Waals surface area (Å²) >= 11 is 0. The number of fused-ring (bicyclic) bond motifs is 1. The van der Waals surface area contributed by atoms with Crippen molar-refractivity contribution in [2.45, 2.75) is 24.5 Å². The number of hydrogen-bond donors (Lipinski definition) is 4. The van der Waals surface area contributed by atoms with Crippen LogP contribution in [0.25, 0.3) is 11.2 Å². The lowest BCUT2D eigenvalue weighted by Gasteiger charge is -2.18. The number of nitrogens with two attached hydrogens (primary N) is 1. The smallest absolute Gasteiger partial charge is 0.167 e. The molecule has 0 spiro atoms. The highest BCUT2D eigenvalue weighted by Gasteiger charge is 2.44. The summed E-state index contributed by atoms with van der Waals surface area (Å²) in [7, 11) is 1.70. The third-order valence-electron chi connectivity index (χ3n) is 3.55. The molecule has 0 unspecified atom stereocenters. The second kappa shape index (κ2) is 4.94. The number of hydrogen-bond acceptors (Lipinski definition) is 8. The summed E-state index contributed by atoms with van der Waals surface area (Å²) in [6.45, 7) is -0.192. The molecular weight excluding hydrogens is 264 g/mol. The number of nitrogens with one attached hydrogen (secondary N) is 1. The Bertz CT molecular complexity index is 617. The molecule has 1 aliphatic rings. The summed E-state index contributed by atoms with van der Waals surface area (Å²) in [6, 6.07) is -0.373. The van der Waals surface area contributed by atoms with Gasteiger partial charge in [0.15, 0.2) is 17.7 Å². The van der Waals surface area contributed by atoms with E-state index in [9.17, 15) is 10.2 Å². The molecule has 108 valence electrons. The van der Waals surface area contributed by atoms with E-state index in [-0.39, 0.29) is 18.5 Å². The summed E-state index contributed by atoms with van der Waals surface area (Å²) in [5, 5.41) is 22.6. The first-order valence-electron chi connectivity index (χ1n) is 6.22. The monoisotopic (exact) mass is 280 g/mol. The molecular formula is C11H16N6O3. The van der Waals surface area contributed by atoms with Gasteiger partial charge in [0, 0.05) is 0 Å². The van der Waals surface area contributed by atoms with Gasteiger partial charge in [-0.25, -0.2) is 15.0 Å². The van der Waals surface area contributed by atoms with Gasteiger partial charge in [0.2, 0.25) is 0 Å². The molecule has 20 heavy (non-hydrogen) atoms. The van der Waals surface area contributed by atoms with Crippen molar-refractivity contribution in [3.63, 3.8) is 0 Å². The standard InChI is InChI=1S/C11H16N6O3/c1-13-6-5(2-18)20-11(8(6)19)17-4-16-7-9(12)14-3-15-10(7)17/h3-6,8,11,13,18-19H,2H2,1H3,(H2,12,14,15)/t5-,6-,8-,11-/m1/s1. The maximum absolute atomic E-state index is 10.3. The van der Waals surface area contributed by atoms with Gasteiger partial charge in [-0.05, 0) is 7.05 Å². The van der Waals surface area contributed by atoms with Crippen LogP contribution in [-0.2, 0) is 4.74 Å². The molecule has 0 bridgehead atoms. The molecule has 9 nitrogen and oxygen atoms in total. The van der Waals surface area contributed by atoms with E-state index in [2.05, 4.69) is 20.3 Å². The van der Waals surface area contributed by atoms with Crippen LogP contribution in [0.15, 0.2) is 12.7 Å². The normalized spacial score (nSPS) is 30.1. The molecule has 0 saturated carbocycles. The number of anilines is 1. The lowest BCUT2D eigenvalue weighted by molar-refractivity contribution is -0.0489. The number of aliphatic hydroxyl groups is 2. The van der Waals surface area contributed by atoms with Crippen LogP contribution in [0.4, 0.5) is 5.82 Å². The van der Waals surface area contributed by atoms with E-state index >= 15 is 0 Å². The molecule has 4 atom stereocenters. The van der Waals surface area contributed by atoms with Crippen molar-refractivity contribution in [3.05, 3.63) is 12.7 Å². The van der Waals surface area contributed by atoms with E-state index in [1.807, 2.05) is 0 Å². The molecule has 3 heterocycles. The lowest BCUT2D eigenvalue weighted by Crippen LogP contribution is -2.43. The second-order valence-electron chi connectivity index (χ2n) is 4.64. The maximum Gasteiger partial charge on any atom is 0.167 e. The minimum absolute atomic E-state index is 0.192. The van der Waals surface area contributed by atoms with E-state index in [4.69, 9.17) is 10.5 Å². The van der Waals surface area contributed by atoms with E-state index in [0.717, 1.165) is 0 Å². The van der Waals surface area contributed by atoms with Gasteiger partial charge >= 0.3 is 0 Å². The molecule has 1 aliphatic heterocycles. The minimum atomic E-state index is -0.842. The third kappa shape index (κ3) is 1.83. The molecule has 2 aromatic rings. The Hall–Kier alpha value is -1.81. The maximum atomic E-state index is 10.3. The second-order valence-corrected chi connectivity index (χ2v) is 4.64. The van der Waals surface area contributed by atoms with Crippen molar-refractivity contribution < 1.29 is 14.9 Å². The Labute approximate surface area is 114 Å². The molecule has 5 N–H and O–H groups in total. The minimum Gasteiger partial charge on any atom is -0.394 e. The van der Waals surface area contributed by atoms with Gasteiger partial charge in [0.25, 0.3) is 0 Å². The van der Waals surface area contributed by atoms with Crippen molar-refractivity contribution >= 4 is 17.0 Å². The number of rotatable bonds is 3. The van der Waals surface area contributed by atoms with Crippen LogP contribution in [0.5, 0.6) is 0 Å². The quantitative estimate of drug-likeness (QED) is 0.520. The number of nitrogen functional groups attached to an aromatic ring is 1. The van der Waals surface area contributed by atoms with Crippen LogP contribution in [0.2, 0.25) is 0 Å². The predicted molar refractivity (Wildman–Crippen MR) is 69.6 cm³/mol. The molecule has 0 aromatic carbocycles. The third-order valence-corrected chi connectivity index (χ3v) is 3.55. The Kier molecular flexibility index (Phi) is 3.26. The molecule has 2 aromatic heterocycles. The summed E-state index contributed by atoms with van der Waals surface area (Å²) in [4.78, 5) is 12.1. The highest BCUT2D eigenvalue weighted by atomic mass is 16.5. The van der Waals surface area contributed by atoms with Crippen LogP contribution in [-0.4, -0.2) is 61.6 Å². The first-order valence-corrected chi connectivity index (χ1v) is 6.22. The molecule has 3 rings (SSSR count). The summed E-state index contributed by atoms with van der Waals surface area (Å²) < 4.78 is 7.27. The van der Waals surface area contributed by atoms with E-state index in [1.165, 1.54) is 12.7 Å². The molecule has 0 amide bonds. The zero-order valence-electron chi connectivity index (χ0n) is 10.8. The molecule has 9 heteroatoms. The first-order chi connectivity index (χ1) is 9.67. The zero-order chi connectivity index (χ0) is 14.3. The summed E-state index contributed by atoms with van der Waals surface area (Å²) in [5.41, 5.74) is 6.66. The van der Waals surface area contributed by atoms with Gasteiger partial charge in [-0.3, -0.25) is 4.57 Å². The zero-order valence-corrected chi connectivity index (χ0v) is 10.8. The number of aromatic nitrogens is 4. The fraction of sp³-hybridized carbons (Fsp3) is 0.545. The average Bonchev–Trinajstić information content (AvgIpc) is 3.00. The van der Waals surface area contributed by atoms with Crippen molar-refractivity contribution in [1.82, 2.24) is 24.8 Å². The molecule has 1 fully saturated rings. The van der Waals surface area contributed by atoms with Gasteiger partial charge < -0.3 is 26.0 Å². The van der Waals surface area contributed by atoms with Crippen molar-refractivity contribution in [2.75, 3.05) is 19.4 Å². The number of ether oxygens (including phenoxy) is 1. The van der Waals surface area contributed by atoms with Gasteiger partial charge in [-0.2, -0.15) is 0 Å². The SMILES string of the molecule is CN[C@H]1[C@@H](O)[C@H](n2cnc3c(N)ncnc32)O[C@@H]1CO. The van der Waals surface area contributed by atoms with Crippen molar-refractivity contribution in [1.29, 1.82) is 0 Å². The van der Waals surface area contributed by atoms with Crippen molar-refractivity contribution in [2.24, 2.45) is 0 Å². The van der Waals surface area contributed by atoms with E-state index in [1.54, 1.807) is 11.6 Å². The number of likely N-dealkylation sites (N-methyl/N-ethyl adjacent to an activating group) is 1. The fourth-order valence-corrected chi connectivity index (χ4v) is 2.54. The number of imidazole rings is 1. The largest absolute Gasteiger partial charge is 0.394 e. The van der Waals surface area contributed by atoms with Crippen molar-refractivity contribution in [3.8, 4) is 0 Å².